The van der Waals surface area contributed by atoms with Gasteiger partial charge in [0.1, 0.15) is 19.2 Å². The summed E-state index contributed by atoms with van der Waals surface area (Å²) in [5.74, 6) is 1.09. The van der Waals surface area contributed by atoms with Crippen molar-refractivity contribution in [2.45, 2.75) is 33.2 Å². The molecule has 7 nitrogen and oxygen atoms in total. The van der Waals surface area contributed by atoms with Crippen LogP contribution in [0.2, 0.25) is 0 Å². The lowest BCUT2D eigenvalue weighted by Gasteiger charge is -2.22. The average Bonchev–Trinajstić information content (AvgIpc) is 3.34. The summed E-state index contributed by atoms with van der Waals surface area (Å²) >= 11 is 0. The molecule has 2 amide bonds. The number of fused-ring (bicyclic) bond motifs is 1. The molecule has 2 aliphatic heterocycles. The predicted molar refractivity (Wildman–Crippen MR) is 104 cm³/mol. The van der Waals surface area contributed by atoms with Gasteiger partial charge in [0.05, 0.1) is 0 Å². The highest BCUT2D eigenvalue weighted by Crippen LogP contribution is 2.31. The average molecular weight is 381 g/mol. The van der Waals surface area contributed by atoms with Crippen LogP contribution in [-0.2, 0) is 22.6 Å². The number of carbonyl (C=O) groups is 2. The van der Waals surface area contributed by atoms with Gasteiger partial charge in [-0.2, -0.15) is 5.10 Å². The summed E-state index contributed by atoms with van der Waals surface area (Å²) in [7, 11) is 0. The second-order valence-electron chi connectivity index (χ2n) is 8.21. The van der Waals surface area contributed by atoms with E-state index in [1.54, 1.807) is 11.0 Å². The predicted octanol–water partition coefficient (Wildman–Crippen LogP) is 1.44. The molecule has 0 aliphatic carbocycles. The van der Waals surface area contributed by atoms with Gasteiger partial charge in [-0.05, 0) is 25.8 Å². The molecular weight excluding hydrogens is 354 g/mol. The number of rotatable bonds is 5. The Hall–Kier alpha value is -2.70. The van der Waals surface area contributed by atoms with Gasteiger partial charge in [0, 0.05) is 44.4 Å². The van der Waals surface area contributed by atoms with Gasteiger partial charge >= 0.3 is 0 Å². The Morgan fingerprint density at radius 3 is 2.14 bits per heavy atom. The zero-order chi connectivity index (χ0) is 19.7. The summed E-state index contributed by atoms with van der Waals surface area (Å²) < 4.78 is 1.55. The SMILES string of the molecule is Cc1cc(C)cc(CCC(=O)N2C[C@@H]3CN(C(=O)Cn4cncn4)C[C@@H]3C2)c1. The summed E-state index contributed by atoms with van der Waals surface area (Å²) in [4.78, 5) is 32.9. The number of likely N-dealkylation sites (tertiary alicyclic amines) is 2. The van der Waals surface area contributed by atoms with Crippen LogP contribution in [0, 0.1) is 25.7 Å². The Labute approximate surface area is 165 Å². The molecular formula is C21H27N5O2. The van der Waals surface area contributed by atoms with Crippen molar-refractivity contribution in [3.05, 3.63) is 47.5 Å². The first kappa shape index (κ1) is 18.7. The maximum atomic E-state index is 12.7. The Morgan fingerprint density at radius 2 is 1.57 bits per heavy atom. The molecule has 0 saturated carbocycles. The number of aryl methyl sites for hydroxylation is 3. The van der Waals surface area contributed by atoms with Crippen molar-refractivity contribution in [3.8, 4) is 0 Å². The van der Waals surface area contributed by atoms with E-state index in [9.17, 15) is 9.59 Å². The highest BCUT2D eigenvalue weighted by Gasteiger charge is 2.42. The molecule has 2 saturated heterocycles. The van der Waals surface area contributed by atoms with Crippen LogP contribution in [0.5, 0.6) is 0 Å². The molecule has 0 unspecified atom stereocenters. The fourth-order valence-electron chi connectivity index (χ4n) is 4.58. The lowest BCUT2D eigenvalue weighted by atomic mass is 10.0. The largest absolute Gasteiger partial charge is 0.342 e. The molecule has 1 aromatic heterocycles. The first-order chi connectivity index (χ1) is 13.5. The van der Waals surface area contributed by atoms with E-state index in [1.165, 1.54) is 23.0 Å². The highest BCUT2D eigenvalue weighted by molar-refractivity contribution is 5.78. The lowest BCUT2D eigenvalue weighted by Crippen LogP contribution is -2.37. The third-order valence-electron chi connectivity index (χ3n) is 5.86. The van der Waals surface area contributed by atoms with Gasteiger partial charge in [-0.3, -0.25) is 9.59 Å². The summed E-state index contributed by atoms with van der Waals surface area (Å²) in [6.45, 7) is 7.43. The normalized spacial score (nSPS) is 21.2. The number of aromatic nitrogens is 3. The molecule has 1 aromatic carbocycles. The monoisotopic (exact) mass is 381 g/mol. The quantitative estimate of drug-likeness (QED) is 0.786. The maximum Gasteiger partial charge on any atom is 0.244 e. The van der Waals surface area contributed by atoms with Crippen molar-refractivity contribution in [2.24, 2.45) is 11.8 Å². The number of hydrogen-bond acceptors (Lipinski definition) is 4. The van der Waals surface area contributed by atoms with Gasteiger partial charge in [0.25, 0.3) is 0 Å². The van der Waals surface area contributed by atoms with Crippen molar-refractivity contribution >= 4 is 11.8 Å². The topological polar surface area (TPSA) is 71.3 Å². The van der Waals surface area contributed by atoms with Crippen molar-refractivity contribution in [1.82, 2.24) is 24.6 Å². The molecule has 0 N–H and O–H groups in total. The second-order valence-corrected chi connectivity index (χ2v) is 8.21. The first-order valence-corrected chi connectivity index (χ1v) is 9.93. The first-order valence-electron chi connectivity index (χ1n) is 9.93. The molecule has 4 rings (SSSR count). The van der Waals surface area contributed by atoms with Crippen LogP contribution < -0.4 is 0 Å². The highest BCUT2D eigenvalue weighted by atomic mass is 16.2. The maximum absolute atomic E-state index is 12.7. The van der Waals surface area contributed by atoms with Gasteiger partial charge in [-0.25, -0.2) is 9.67 Å². The minimum atomic E-state index is 0.0765. The number of benzene rings is 1. The molecule has 2 aliphatic rings. The van der Waals surface area contributed by atoms with Crippen LogP contribution in [-0.4, -0.2) is 62.6 Å². The molecule has 3 heterocycles. The summed E-state index contributed by atoms with van der Waals surface area (Å²) in [5.41, 5.74) is 3.72. The lowest BCUT2D eigenvalue weighted by molar-refractivity contribution is -0.132. The van der Waals surface area contributed by atoms with E-state index >= 15 is 0 Å². The molecule has 148 valence electrons. The smallest absolute Gasteiger partial charge is 0.244 e. The van der Waals surface area contributed by atoms with Crippen molar-refractivity contribution in [3.63, 3.8) is 0 Å². The van der Waals surface area contributed by atoms with Crippen molar-refractivity contribution in [2.75, 3.05) is 26.2 Å². The minimum absolute atomic E-state index is 0.0765. The second kappa shape index (κ2) is 7.73. The molecule has 7 heteroatoms. The third kappa shape index (κ3) is 4.08. The fourth-order valence-corrected chi connectivity index (χ4v) is 4.58. The van der Waals surface area contributed by atoms with E-state index in [4.69, 9.17) is 0 Å². The Kier molecular flexibility index (Phi) is 5.15. The fraction of sp³-hybridized carbons (Fsp3) is 0.524. The molecule has 2 atom stereocenters. The molecule has 2 fully saturated rings. The van der Waals surface area contributed by atoms with Crippen LogP contribution >= 0.6 is 0 Å². The van der Waals surface area contributed by atoms with Crippen LogP contribution in [0.15, 0.2) is 30.9 Å². The Bertz CT molecular complexity index is 829. The van der Waals surface area contributed by atoms with E-state index < -0.39 is 0 Å². The van der Waals surface area contributed by atoms with Crippen molar-refractivity contribution < 1.29 is 9.59 Å². The number of nitrogens with zero attached hydrogens (tertiary/aromatic N) is 5. The van der Waals surface area contributed by atoms with E-state index in [2.05, 4.69) is 42.1 Å². The Balaban J connectivity index is 1.26. The Morgan fingerprint density at radius 1 is 0.964 bits per heavy atom. The minimum Gasteiger partial charge on any atom is -0.342 e. The van der Waals surface area contributed by atoms with Crippen LogP contribution in [0.1, 0.15) is 23.1 Å². The zero-order valence-corrected chi connectivity index (χ0v) is 16.5. The molecule has 2 aromatic rings. The standard InChI is InChI=1S/C21H27N5O2/c1-15-5-16(2)7-17(6-15)3-4-20(27)24-8-18-10-25(11-19(18)9-24)21(28)12-26-14-22-13-23-26/h5-7,13-14,18-19H,3-4,8-12H2,1-2H3/t18-,19+. The summed E-state index contributed by atoms with van der Waals surface area (Å²) in [6.07, 6.45) is 4.34. The summed E-state index contributed by atoms with van der Waals surface area (Å²) in [6, 6.07) is 6.48. The number of amides is 2. The van der Waals surface area contributed by atoms with Gasteiger partial charge in [-0.1, -0.05) is 29.3 Å². The van der Waals surface area contributed by atoms with E-state index in [0.29, 0.717) is 18.3 Å². The number of carbonyl (C=O) groups excluding carboxylic acids is 2. The molecule has 0 spiro atoms. The third-order valence-corrected chi connectivity index (χ3v) is 5.86. The van der Waals surface area contributed by atoms with E-state index in [-0.39, 0.29) is 18.4 Å². The molecule has 28 heavy (non-hydrogen) atoms. The van der Waals surface area contributed by atoms with Crippen LogP contribution in [0.4, 0.5) is 0 Å². The van der Waals surface area contributed by atoms with Gasteiger partial charge in [0.2, 0.25) is 11.8 Å². The van der Waals surface area contributed by atoms with Crippen LogP contribution in [0.3, 0.4) is 0 Å². The van der Waals surface area contributed by atoms with Gasteiger partial charge < -0.3 is 9.80 Å². The van der Waals surface area contributed by atoms with Gasteiger partial charge in [-0.15, -0.1) is 0 Å². The molecule has 0 radical (unpaired) electrons. The zero-order valence-electron chi connectivity index (χ0n) is 16.5. The van der Waals surface area contributed by atoms with E-state index in [0.717, 1.165) is 32.6 Å². The van der Waals surface area contributed by atoms with Crippen molar-refractivity contribution in [1.29, 1.82) is 0 Å². The molecule has 0 bridgehead atoms. The summed E-state index contributed by atoms with van der Waals surface area (Å²) in [5, 5.41) is 4.00. The van der Waals surface area contributed by atoms with Crippen LogP contribution in [0.25, 0.3) is 0 Å². The van der Waals surface area contributed by atoms with E-state index in [1.807, 2.05) is 9.80 Å². The number of hydrogen-bond donors (Lipinski definition) is 0. The van der Waals surface area contributed by atoms with Gasteiger partial charge in [0.15, 0.2) is 0 Å².